The van der Waals surface area contributed by atoms with Crippen molar-refractivity contribution < 1.29 is 20.8 Å². The van der Waals surface area contributed by atoms with Gasteiger partial charge in [-0.1, -0.05) is 47.0 Å². The Bertz CT molecular complexity index is 1140. The Morgan fingerprint density at radius 1 is 0.679 bits per heavy atom. The van der Waals surface area contributed by atoms with Crippen LogP contribution in [0.25, 0.3) is 32.3 Å². The molecule has 3 heteroatoms. The van der Waals surface area contributed by atoms with Crippen LogP contribution in [0.5, 0.6) is 0 Å². The van der Waals surface area contributed by atoms with Gasteiger partial charge in [0.1, 0.15) is 0 Å². The molecule has 0 N–H and O–H groups in total. The van der Waals surface area contributed by atoms with Crippen molar-refractivity contribution in [1.29, 1.82) is 0 Å². The number of hydrogen-bond donors (Lipinski definition) is 0. The quantitative estimate of drug-likeness (QED) is 0.193. The normalized spacial score (nSPS) is 10.2. The molecule has 5 aromatic rings. The van der Waals surface area contributed by atoms with Crippen molar-refractivity contribution >= 4 is 49.3 Å². The van der Waals surface area contributed by atoms with Crippen molar-refractivity contribution in [2.75, 3.05) is 0 Å². The fourth-order valence-electron chi connectivity index (χ4n) is 3.59. The maximum absolute atomic E-state index is 4.93. The predicted octanol–water partition coefficient (Wildman–Crippen LogP) is 8.57. The zero-order chi connectivity index (χ0) is 20.1. The molecule has 0 bridgehead atoms. The summed E-state index contributed by atoms with van der Waals surface area (Å²) in [6.07, 6.45) is 0. The molecule has 0 aliphatic heterocycles. The molecule has 0 radical (unpaired) electrons. The first-order valence-electron chi connectivity index (χ1n) is 9.17. The number of halogens is 2. The zero-order valence-corrected chi connectivity index (χ0v) is 20.2. The minimum atomic E-state index is -0.826. The molecule has 5 rings (SSSR count). The summed E-state index contributed by atoms with van der Waals surface area (Å²) in [6, 6.07) is 28.4. The van der Waals surface area contributed by atoms with Gasteiger partial charge in [-0.3, -0.25) is 0 Å². The van der Waals surface area contributed by atoms with Gasteiger partial charge in [0, 0.05) is 0 Å². The Hall–Kier alpha value is -1.40. The van der Waals surface area contributed by atoms with E-state index in [4.69, 9.17) is 17.0 Å². The average Bonchev–Trinajstić information content (AvgIpc) is 3.27. The number of hydrogen-bond acceptors (Lipinski definition) is 0. The van der Waals surface area contributed by atoms with Crippen molar-refractivity contribution in [3.8, 4) is 0 Å². The molecule has 0 amide bonds. The van der Waals surface area contributed by atoms with Crippen LogP contribution in [-0.4, -0.2) is 0 Å². The van der Waals surface area contributed by atoms with E-state index in [2.05, 4.69) is 99.6 Å². The molecular weight excluding hydrogens is 462 g/mol. The second-order valence-electron chi connectivity index (χ2n) is 7.00. The van der Waals surface area contributed by atoms with Gasteiger partial charge < -0.3 is 0 Å². The number of rotatable bonds is 0. The number of fused-ring (bicyclic) bond motifs is 4. The summed E-state index contributed by atoms with van der Waals surface area (Å²) in [5.41, 5.74) is 4.02. The van der Waals surface area contributed by atoms with E-state index < -0.39 is 20.8 Å². The molecule has 0 fully saturated rings. The molecule has 0 nitrogen and oxygen atoms in total. The van der Waals surface area contributed by atoms with E-state index in [1.807, 2.05) is 0 Å². The Morgan fingerprint density at radius 3 is 1.79 bits per heavy atom. The van der Waals surface area contributed by atoms with Gasteiger partial charge in [-0.2, -0.15) is 12.1 Å². The van der Waals surface area contributed by atoms with Crippen LogP contribution in [0, 0.1) is 20.8 Å². The summed E-state index contributed by atoms with van der Waals surface area (Å²) in [7, 11) is 9.87. The van der Waals surface area contributed by atoms with Crippen LogP contribution >= 0.6 is 17.0 Å². The van der Waals surface area contributed by atoms with Crippen LogP contribution in [0.2, 0.25) is 0 Å². The van der Waals surface area contributed by atoms with Crippen molar-refractivity contribution in [2.24, 2.45) is 0 Å². The Balaban J connectivity index is 0.000000150. The second kappa shape index (κ2) is 9.88. The van der Waals surface area contributed by atoms with Gasteiger partial charge in [0.15, 0.2) is 0 Å². The molecule has 140 valence electrons. The van der Waals surface area contributed by atoms with Crippen molar-refractivity contribution in [3.05, 3.63) is 95.6 Å². The average molecular weight is 485 g/mol. The SMILES string of the molecule is Cc1ccc2c(c1)[cH-]c1cc(C)ccc12.Cc1cccc2[cH-]ccc12.[Cl][Zr+2][Cl]. The van der Waals surface area contributed by atoms with Gasteiger partial charge in [0.05, 0.1) is 0 Å². The molecule has 0 aliphatic carbocycles. The van der Waals surface area contributed by atoms with Crippen LogP contribution in [0.3, 0.4) is 0 Å². The molecule has 0 saturated carbocycles. The maximum atomic E-state index is 4.93. The third-order valence-corrected chi connectivity index (χ3v) is 4.91. The van der Waals surface area contributed by atoms with E-state index in [9.17, 15) is 0 Å². The third kappa shape index (κ3) is 4.95. The summed E-state index contributed by atoms with van der Waals surface area (Å²) in [6.45, 7) is 6.42. The van der Waals surface area contributed by atoms with Gasteiger partial charge in [-0.05, 0) is 20.8 Å². The molecule has 0 heterocycles. The van der Waals surface area contributed by atoms with Crippen LogP contribution in [-0.2, 0) is 20.8 Å². The molecule has 28 heavy (non-hydrogen) atoms. The second-order valence-corrected chi connectivity index (χ2v) is 10.7. The molecule has 0 aliphatic rings. The molecule has 0 unspecified atom stereocenters. The van der Waals surface area contributed by atoms with Crippen molar-refractivity contribution in [1.82, 2.24) is 0 Å². The zero-order valence-electron chi connectivity index (χ0n) is 16.3. The number of aryl methyl sites for hydroxylation is 3. The molecule has 0 aromatic heterocycles. The first-order chi connectivity index (χ1) is 13.5. The van der Waals surface area contributed by atoms with E-state index in [0.717, 1.165) is 0 Å². The standard InChI is InChI=1S/C15H13.C10H9.2ClH.Zr/c1-10-3-5-14-12(7-10)9-13-8-11(2)4-6-15(13)14;1-8-4-2-5-9-6-3-7-10(8)9;;;/h3-9H,1-2H3;2-7H,1H3;2*1H;/q2*-1;;;+4/p-2. The van der Waals surface area contributed by atoms with Crippen molar-refractivity contribution in [2.45, 2.75) is 20.8 Å². The Kier molecular flexibility index (Phi) is 7.52. The summed E-state index contributed by atoms with van der Waals surface area (Å²) < 4.78 is 0. The van der Waals surface area contributed by atoms with Gasteiger partial charge in [-0.25, -0.2) is 0 Å². The predicted molar refractivity (Wildman–Crippen MR) is 123 cm³/mol. The Morgan fingerprint density at radius 2 is 1.25 bits per heavy atom. The third-order valence-electron chi connectivity index (χ3n) is 4.91. The van der Waals surface area contributed by atoms with Crippen LogP contribution in [0.1, 0.15) is 16.7 Å². The van der Waals surface area contributed by atoms with Crippen LogP contribution < -0.4 is 0 Å². The van der Waals surface area contributed by atoms with Crippen LogP contribution in [0.15, 0.2) is 78.9 Å². The summed E-state index contributed by atoms with van der Waals surface area (Å²) in [4.78, 5) is 0. The molecule has 0 spiro atoms. The fraction of sp³-hybridized carbons (Fsp3) is 0.120. The monoisotopic (exact) mass is 482 g/mol. The molecule has 5 aromatic carbocycles. The van der Waals surface area contributed by atoms with Gasteiger partial charge in [0.25, 0.3) is 0 Å². The summed E-state index contributed by atoms with van der Waals surface area (Å²) in [5.74, 6) is 0. The molecule has 0 atom stereocenters. The molecular formula is C25H22Cl2Zr. The summed E-state index contributed by atoms with van der Waals surface area (Å²) >= 11 is -0.826. The first-order valence-corrected chi connectivity index (χ1v) is 15.5. The van der Waals surface area contributed by atoms with E-state index in [1.165, 1.54) is 49.0 Å². The van der Waals surface area contributed by atoms with Crippen LogP contribution in [0.4, 0.5) is 0 Å². The molecule has 0 saturated heterocycles. The van der Waals surface area contributed by atoms with Gasteiger partial charge in [-0.15, -0.1) is 68.7 Å². The fourth-order valence-corrected chi connectivity index (χ4v) is 3.59. The minimum absolute atomic E-state index is 0.826. The number of benzene rings is 3. The van der Waals surface area contributed by atoms with E-state index in [1.54, 1.807) is 0 Å². The first kappa shape index (κ1) is 21.3. The van der Waals surface area contributed by atoms with Gasteiger partial charge in [0.2, 0.25) is 0 Å². The van der Waals surface area contributed by atoms with E-state index in [-0.39, 0.29) is 0 Å². The Labute approximate surface area is 185 Å². The van der Waals surface area contributed by atoms with E-state index >= 15 is 0 Å². The van der Waals surface area contributed by atoms with Gasteiger partial charge >= 0.3 is 37.9 Å². The van der Waals surface area contributed by atoms with E-state index in [0.29, 0.717) is 0 Å². The summed E-state index contributed by atoms with van der Waals surface area (Å²) in [5, 5.41) is 8.18. The van der Waals surface area contributed by atoms with Crippen molar-refractivity contribution in [3.63, 3.8) is 0 Å². The topological polar surface area (TPSA) is 0 Å².